The highest BCUT2D eigenvalue weighted by Crippen LogP contribution is 2.07. The SMILES string of the molecule is CCCCCN1CC[N+](CCCCC)=C1F.[I-]. The number of rotatable bonds is 8. The summed E-state index contributed by atoms with van der Waals surface area (Å²) in [5, 5.41) is 0. The highest BCUT2D eigenvalue weighted by atomic mass is 127. The Morgan fingerprint density at radius 2 is 1.76 bits per heavy atom. The molecule has 0 fully saturated rings. The van der Waals surface area contributed by atoms with Crippen molar-refractivity contribution in [1.82, 2.24) is 4.90 Å². The molecule has 1 aliphatic rings. The van der Waals surface area contributed by atoms with Crippen LogP contribution in [0.15, 0.2) is 0 Å². The summed E-state index contributed by atoms with van der Waals surface area (Å²) in [6.07, 6.45) is 7.08. The zero-order chi connectivity index (χ0) is 11.8. The first-order valence-electron chi connectivity index (χ1n) is 6.82. The normalized spacial score (nSPS) is 15.4. The molecule has 17 heavy (non-hydrogen) atoms. The minimum Gasteiger partial charge on any atom is -1.00 e. The van der Waals surface area contributed by atoms with E-state index in [9.17, 15) is 4.39 Å². The second kappa shape index (κ2) is 10.1. The number of nitrogens with zero attached hydrogens (tertiary/aromatic N) is 2. The molecule has 0 aromatic heterocycles. The first-order chi connectivity index (χ1) is 7.79. The maximum Gasteiger partial charge on any atom is 0.436 e. The predicted octanol–water partition coefficient (Wildman–Crippen LogP) is 0.0244. The second-order valence-corrected chi connectivity index (χ2v) is 4.66. The zero-order valence-corrected chi connectivity index (χ0v) is 13.4. The predicted molar refractivity (Wildman–Crippen MR) is 66.7 cm³/mol. The van der Waals surface area contributed by atoms with E-state index >= 15 is 0 Å². The van der Waals surface area contributed by atoms with Crippen LogP contribution in [-0.2, 0) is 0 Å². The monoisotopic (exact) mass is 356 g/mol. The molecule has 1 aliphatic heterocycles. The minimum absolute atomic E-state index is 0. The summed E-state index contributed by atoms with van der Waals surface area (Å²) < 4.78 is 15.8. The molecule has 0 amide bonds. The Hall–Kier alpha value is 0.130. The molecule has 102 valence electrons. The fraction of sp³-hybridized carbons (Fsp3) is 0.923. The van der Waals surface area contributed by atoms with Crippen molar-refractivity contribution < 1.29 is 32.9 Å². The molecule has 0 radical (unpaired) electrons. The molecular weight excluding hydrogens is 330 g/mol. The van der Waals surface area contributed by atoms with E-state index < -0.39 is 0 Å². The van der Waals surface area contributed by atoms with Crippen LogP contribution in [0.5, 0.6) is 0 Å². The molecule has 0 saturated carbocycles. The third-order valence-corrected chi connectivity index (χ3v) is 3.22. The van der Waals surface area contributed by atoms with Gasteiger partial charge in [-0.2, -0.15) is 0 Å². The number of unbranched alkanes of at least 4 members (excludes halogenated alkanes) is 4. The minimum atomic E-state index is 0. The van der Waals surface area contributed by atoms with Gasteiger partial charge in [0.2, 0.25) is 0 Å². The van der Waals surface area contributed by atoms with Gasteiger partial charge in [0.25, 0.3) is 0 Å². The molecule has 1 heterocycles. The number of hydrogen-bond donors (Lipinski definition) is 0. The van der Waals surface area contributed by atoms with Crippen LogP contribution < -0.4 is 24.0 Å². The van der Waals surface area contributed by atoms with Gasteiger partial charge in [0.05, 0.1) is 13.1 Å². The first kappa shape index (κ1) is 17.1. The number of hydrogen-bond acceptors (Lipinski definition) is 1. The van der Waals surface area contributed by atoms with Crippen LogP contribution in [0.25, 0.3) is 0 Å². The lowest BCUT2D eigenvalue weighted by atomic mass is 10.2. The molecule has 1 rings (SSSR count). The zero-order valence-electron chi connectivity index (χ0n) is 11.2. The lowest BCUT2D eigenvalue weighted by Gasteiger charge is -2.06. The Morgan fingerprint density at radius 1 is 1.12 bits per heavy atom. The van der Waals surface area contributed by atoms with E-state index in [2.05, 4.69) is 13.8 Å². The first-order valence-corrected chi connectivity index (χ1v) is 6.82. The Kier molecular flexibility index (Phi) is 10.2. The molecule has 0 aliphatic carbocycles. The van der Waals surface area contributed by atoms with Crippen molar-refractivity contribution in [3.63, 3.8) is 0 Å². The van der Waals surface area contributed by atoms with E-state index in [0.29, 0.717) is 0 Å². The molecule has 0 aromatic rings. The summed E-state index contributed by atoms with van der Waals surface area (Å²) in [4.78, 5) is 1.90. The third-order valence-electron chi connectivity index (χ3n) is 3.22. The Balaban J connectivity index is 0.00000256. The van der Waals surface area contributed by atoms with E-state index in [4.69, 9.17) is 0 Å². The average molecular weight is 356 g/mol. The molecule has 0 aromatic carbocycles. The summed E-state index contributed by atoms with van der Waals surface area (Å²) in [6, 6.07) is 0. The largest absolute Gasteiger partial charge is 1.00 e. The summed E-state index contributed by atoms with van der Waals surface area (Å²) >= 11 is 0. The van der Waals surface area contributed by atoms with Gasteiger partial charge in [-0.3, -0.25) is 0 Å². The average Bonchev–Trinajstić information content (AvgIpc) is 2.62. The van der Waals surface area contributed by atoms with Crippen LogP contribution in [0.2, 0.25) is 0 Å². The molecule has 0 N–H and O–H groups in total. The van der Waals surface area contributed by atoms with Gasteiger partial charge in [-0.05, 0) is 25.7 Å². The van der Waals surface area contributed by atoms with Gasteiger partial charge in [-0.15, -0.1) is 4.39 Å². The van der Waals surface area contributed by atoms with Crippen molar-refractivity contribution in [2.45, 2.75) is 52.4 Å². The van der Waals surface area contributed by atoms with E-state index in [-0.39, 0.29) is 30.1 Å². The highest BCUT2D eigenvalue weighted by molar-refractivity contribution is 5.68. The smallest absolute Gasteiger partial charge is 0.436 e. The standard InChI is InChI=1S/C13H26FN2.HI/c1-3-5-7-9-15-11-12-16(13(15)14)10-8-6-4-2;/h3-12H2,1-2H3;1H/q+1;/p-1. The topological polar surface area (TPSA) is 6.25 Å². The maximum atomic E-state index is 13.9. The lowest BCUT2D eigenvalue weighted by molar-refractivity contribution is -0.523. The fourth-order valence-electron chi connectivity index (χ4n) is 2.14. The van der Waals surface area contributed by atoms with Gasteiger partial charge in [0, 0.05) is 0 Å². The molecule has 0 spiro atoms. The lowest BCUT2D eigenvalue weighted by Crippen LogP contribution is -3.00. The third kappa shape index (κ3) is 6.02. The van der Waals surface area contributed by atoms with Crippen molar-refractivity contribution in [2.24, 2.45) is 0 Å². The van der Waals surface area contributed by atoms with Gasteiger partial charge in [0.1, 0.15) is 13.1 Å². The van der Waals surface area contributed by atoms with Crippen LogP contribution in [0.4, 0.5) is 4.39 Å². The van der Waals surface area contributed by atoms with E-state index in [0.717, 1.165) is 39.0 Å². The Bertz CT molecular complexity index is 231. The van der Waals surface area contributed by atoms with E-state index in [1.54, 1.807) is 0 Å². The molecule has 4 heteroatoms. The summed E-state index contributed by atoms with van der Waals surface area (Å²) in [5.74, 6) is 0. The summed E-state index contributed by atoms with van der Waals surface area (Å²) in [7, 11) is 0. The highest BCUT2D eigenvalue weighted by Gasteiger charge is 2.29. The number of halogens is 2. The summed E-state index contributed by atoms with van der Waals surface area (Å²) in [6.45, 7) is 7.90. The fourth-order valence-corrected chi connectivity index (χ4v) is 2.14. The Morgan fingerprint density at radius 3 is 2.41 bits per heavy atom. The Labute approximate surface area is 122 Å². The quantitative estimate of drug-likeness (QED) is 0.257. The molecule has 0 unspecified atom stereocenters. The van der Waals surface area contributed by atoms with Crippen LogP contribution in [0, 0.1) is 0 Å². The maximum absolute atomic E-state index is 13.9. The van der Waals surface area contributed by atoms with Crippen LogP contribution in [0.1, 0.15) is 52.4 Å². The van der Waals surface area contributed by atoms with Crippen molar-refractivity contribution in [1.29, 1.82) is 0 Å². The van der Waals surface area contributed by atoms with Crippen molar-refractivity contribution in [2.75, 3.05) is 26.2 Å². The van der Waals surface area contributed by atoms with Gasteiger partial charge >= 0.3 is 6.09 Å². The van der Waals surface area contributed by atoms with Crippen molar-refractivity contribution in [3.05, 3.63) is 0 Å². The van der Waals surface area contributed by atoms with Crippen molar-refractivity contribution >= 4 is 6.09 Å². The molecular formula is C13H26FIN2. The van der Waals surface area contributed by atoms with Gasteiger partial charge < -0.3 is 24.0 Å². The van der Waals surface area contributed by atoms with Gasteiger partial charge in [-0.25, -0.2) is 9.48 Å². The van der Waals surface area contributed by atoms with Gasteiger partial charge in [0.15, 0.2) is 0 Å². The molecule has 0 saturated heterocycles. The van der Waals surface area contributed by atoms with Crippen LogP contribution in [0.3, 0.4) is 0 Å². The van der Waals surface area contributed by atoms with Gasteiger partial charge in [-0.1, -0.05) is 26.7 Å². The molecule has 0 atom stereocenters. The van der Waals surface area contributed by atoms with Crippen molar-refractivity contribution in [3.8, 4) is 0 Å². The van der Waals surface area contributed by atoms with Crippen LogP contribution >= 0.6 is 0 Å². The molecule has 2 nitrogen and oxygen atoms in total. The number of amidine groups is 1. The summed E-state index contributed by atoms with van der Waals surface area (Å²) in [5.41, 5.74) is 0. The van der Waals surface area contributed by atoms with E-state index in [1.165, 1.54) is 25.7 Å². The second-order valence-electron chi connectivity index (χ2n) is 4.66. The van der Waals surface area contributed by atoms with Crippen LogP contribution in [-0.4, -0.2) is 41.7 Å². The van der Waals surface area contributed by atoms with E-state index in [1.807, 2.05) is 9.48 Å². The molecule has 0 bridgehead atoms.